The molecule has 2 unspecified atom stereocenters. The molecule has 81 heavy (non-hydrogen) atoms. The number of aliphatic hydroxyl groups excluding tert-OH is 2. The number of hydrogen-bond donors (Lipinski definition) is 3. The second kappa shape index (κ2) is 70.6. The Hall–Kier alpha value is -1.92. The first kappa shape index (κ1) is 79.1. The number of unbranched alkanes of at least 4 members (excludes halogenated alkanes) is 54. The van der Waals surface area contributed by atoms with Gasteiger partial charge in [0.15, 0.2) is 0 Å². The van der Waals surface area contributed by atoms with Crippen molar-refractivity contribution in [3.05, 3.63) is 36.5 Å². The first-order chi connectivity index (χ1) is 40.0. The van der Waals surface area contributed by atoms with Crippen LogP contribution in [0.15, 0.2) is 36.5 Å². The van der Waals surface area contributed by atoms with Crippen molar-refractivity contribution < 1.29 is 24.5 Å². The summed E-state index contributed by atoms with van der Waals surface area (Å²) in [5.41, 5.74) is 0. The van der Waals surface area contributed by atoms with Crippen molar-refractivity contribution in [1.82, 2.24) is 5.32 Å². The van der Waals surface area contributed by atoms with E-state index < -0.39 is 12.1 Å². The fraction of sp³-hybridized carbons (Fsp3) is 0.893. The first-order valence-corrected chi connectivity index (χ1v) is 36.8. The number of ether oxygens (including phenoxy) is 1. The molecule has 0 heterocycles. The second-order valence-electron chi connectivity index (χ2n) is 25.3. The molecule has 0 fully saturated rings. The van der Waals surface area contributed by atoms with Crippen LogP contribution in [0, 0.1) is 0 Å². The molecule has 0 aromatic carbocycles. The fourth-order valence-corrected chi connectivity index (χ4v) is 11.6. The van der Waals surface area contributed by atoms with Crippen molar-refractivity contribution in [3.8, 4) is 0 Å². The van der Waals surface area contributed by atoms with Gasteiger partial charge in [0.1, 0.15) is 0 Å². The van der Waals surface area contributed by atoms with Gasteiger partial charge in [-0.25, -0.2) is 0 Å². The molecule has 0 aliphatic carbocycles. The van der Waals surface area contributed by atoms with Crippen molar-refractivity contribution in [2.75, 3.05) is 13.2 Å². The number of nitrogens with one attached hydrogen (secondary N) is 1. The number of carbonyl (C=O) groups excluding carboxylic acids is 2. The minimum Gasteiger partial charge on any atom is -0.466 e. The molecule has 6 heteroatoms. The maximum Gasteiger partial charge on any atom is 0.305 e. The van der Waals surface area contributed by atoms with Crippen LogP contribution in [0.5, 0.6) is 0 Å². The van der Waals surface area contributed by atoms with Gasteiger partial charge in [0.05, 0.1) is 25.4 Å². The van der Waals surface area contributed by atoms with E-state index in [-0.39, 0.29) is 18.5 Å². The van der Waals surface area contributed by atoms with Crippen LogP contribution in [-0.2, 0) is 14.3 Å². The molecule has 0 aliphatic heterocycles. The zero-order valence-electron chi connectivity index (χ0n) is 54.8. The highest BCUT2D eigenvalue weighted by Gasteiger charge is 2.18. The van der Waals surface area contributed by atoms with Gasteiger partial charge in [-0.15, -0.1) is 0 Å². The zero-order chi connectivity index (χ0) is 58.5. The summed E-state index contributed by atoms with van der Waals surface area (Å²) >= 11 is 0. The standard InChI is InChI=1S/C75H143NO5/c1-3-5-7-9-11-13-15-17-19-21-23-24-25-26-29-32-35-39-43-47-51-55-59-63-67-73(78)72(71-77)76-74(79)68-64-60-56-52-48-44-40-36-33-30-27-28-31-34-38-42-46-50-54-58-62-66-70-81-75(80)69-65-61-57-53-49-45-41-37-22-20-18-16-14-12-10-8-6-4-2/h14,16,20,22,63,67,72-73,77-78H,3-13,15,17-19,21,23-62,64-66,68-71H2,1-2H3,(H,76,79)/b16-14-,22-20-,67-63+. The minimum atomic E-state index is -0.847. The number of esters is 1. The monoisotopic (exact) mass is 1140 g/mol. The fourth-order valence-electron chi connectivity index (χ4n) is 11.6. The summed E-state index contributed by atoms with van der Waals surface area (Å²) in [6, 6.07) is -0.630. The summed E-state index contributed by atoms with van der Waals surface area (Å²) in [7, 11) is 0. The number of rotatable bonds is 69. The Labute approximate surface area is 506 Å². The van der Waals surface area contributed by atoms with E-state index >= 15 is 0 Å². The lowest BCUT2D eigenvalue weighted by molar-refractivity contribution is -0.143. The van der Waals surface area contributed by atoms with Gasteiger partial charge in [0.25, 0.3) is 0 Å². The quantitative estimate of drug-likeness (QED) is 0.0320. The molecule has 0 aromatic heterocycles. The van der Waals surface area contributed by atoms with Crippen LogP contribution in [0.3, 0.4) is 0 Å². The van der Waals surface area contributed by atoms with Gasteiger partial charge in [-0.3, -0.25) is 9.59 Å². The van der Waals surface area contributed by atoms with Gasteiger partial charge in [0.2, 0.25) is 5.91 Å². The van der Waals surface area contributed by atoms with E-state index in [0.29, 0.717) is 19.4 Å². The molecule has 0 bridgehead atoms. The SMILES string of the molecule is CCCCCC/C=C\C/C=C\CCCCCCCCCC(=O)OCCCCCCCCCCCCCCCCCCCCCCCCC(=O)NC(CO)C(O)/C=C/CCCCCCCCCCCCCCCCCCCCCCCC. The van der Waals surface area contributed by atoms with Crippen molar-refractivity contribution in [2.45, 2.75) is 418 Å². The predicted molar refractivity (Wildman–Crippen MR) is 356 cm³/mol. The summed E-state index contributed by atoms with van der Waals surface area (Å²) in [5, 5.41) is 23.3. The highest BCUT2D eigenvalue weighted by atomic mass is 16.5. The van der Waals surface area contributed by atoms with Crippen LogP contribution >= 0.6 is 0 Å². The Kier molecular flexibility index (Phi) is 68.9. The summed E-state index contributed by atoms with van der Waals surface area (Å²) < 4.78 is 5.50. The van der Waals surface area contributed by atoms with E-state index in [9.17, 15) is 19.8 Å². The molecule has 1 amide bonds. The topological polar surface area (TPSA) is 95.9 Å². The third kappa shape index (κ3) is 67.1. The number of allylic oxidation sites excluding steroid dienone is 5. The van der Waals surface area contributed by atoms with Gasteiger partial charge in [-0.2, -0.15) is 0 Å². The molecular formula is C75H143NO5. The predicted octanol–water partition coefficient (Wildman–Crippen LogP) is 23.9. The van der Waals surface area contributed by atoms with Crippen LogP contribution in [0.25, 0.3) is 0 Å². The van der Waals surface area contributed by atoms with Crippen LogP contribution in [0.2, 0.25) is 0 Å². The third-order valence-electron chi connectivity index (χ3n) is 17.2. The Morgan fingerprint density at radius 1 is 0.346 bits per heavy atom. The Balaban J connectivity index is 3.40. The average molecular weight is 1140 g/mol. The summed E-state index contributed by atoms with van der Waals surface area (Å²) in [6.07, 6.45) is 90.8. The number of amides is 1. The number of carbonyl (C=O) groups is 2. The lowest BCUT2D eigenvalue weighted by Crippen LogP contribution is -2.45. The van der Waals surface area contributed by atoms with Crippen LogP contribution < -0.4 is 5.32 Å². The van der Waals surface area contributed by atoms with E-state index in [4.69, 9.17) is 4.74 Å². The normalized spacial score (nSPS) is 12.7. The maximum atomic E-state index is 12.5. The molecule has 0 saturated carbocycles. The lowest BCUT2D eigenvalue weighted by atomic mass is 10.0. The van der Waals surface area contributed by atoms with E-state index in [0.717, 1.165) is 51.4 Å². The van der Waals surface area contributed by atoms with Gasteiger partial charge in [-0.05, 0) is 64.2 Å². The summed E-state index contributed by atoms with van der Waals surface area (Å²) in [4.78, 5) is 24.7. The van der Waals surface area contributed by atoms with E-state index in [1.165, 1.54) is 327 Å². The summed E-state index contributed by atoms with van der Waals surface area (Å²) in [5.74, 6) is -0.0578. The molecular weight excluding hydrogens is 995 g/mol. The van der Waals surface area contributed by atoms with Gasteiger partial charge < -0.3 is 20.3 Å². The first-order valence-electron chi connectivity index (χ1n) is 36.8. The van der Waals surface area contributed by atoms with E-state index in [1.807, 2.05) is 6.08 Å². The highest BCUT2D eigenvalue weighted by molar-refractivity contribution is 5.76. The molecule has 0 aliphatic rings. The maximum absolute atomic E-state index is 12.5. The van der Waals surface area contributed by atoms with Crippen molar-refractivity contribution in [2.24, 2.45) is 0 Å². The van der Waals surface area contributed by atoms with Crippen LogP contribution in [0.4, 0.5) is 0 Å². The smallest absolute Gasteiger partial charge is 0.305 e. The van der Waals surface area contributed by atoms with Crippen LogP contribution in [-0.4, -0.2) is 47.4 Å². The van der Waals surface area contributed by atoms with Crippen molar-refractivity contribution in [1.29, 1.82) is 0 Å². The molecule has 6 nitrogen and oxygen atoms in total. The molecule has 0 aromatic rings. The highest BCUT2D eigenvalue weighted by Crippen LogP contribution is 2.19. The minimum absolute atomic E-state index is 0.00617. The molecule has 0 radical (unpaired) electrons. The molecule has 0 saturated heterocycles. The molecule has 2 atom stereocenters. The van der Waals surface area contributed by atoms with Crippen LogP contribution in [0.1, 0.15) is 406 Å². The van der Waals surface area contributed by atoms with E-state index in [1.54, 1.807) is 6.08 Å². The Bertz CT molecular complexity index is 1310. The average Bonchev–Trinajstić information content (AvgIpc) is 3.47. The van der Waals surface area contributed by atoms with Gasteiger partial charge in [0, 0.05) is 12.8 Å². The number of aliphatic hydroxyl groups is 2. The van der Waals surface area contributed by atoms with E-state index in [2.05, 4.69) is 43.5 Å². The third-order valence-corrected chi connectivity index (χ3v) is 17.2. The number of hydrogen-bond acceptors (Lipinski definition) is 5. The molecule has 0 rings (SSSR count). The van der Waals surface area contributed by atoms with Crippen molar-refractivity contribution in [3.63, 3.8) is 0 Å². The zero-order valence-corrected chi connectivity index (χ0v) is 54.8. The largest absolute Gasteiger partial charge is 0.466 e. The Morgan fingerprint density at radius 3 is 0.951 bits per heavy atom. The molecule has 478 valence electrons. The lowest BCUT2D eigenvalue weighted by Gasteiger charge is -2.20. The molecule has 0 spiro atoms. The summed E-state index contributed by atoms with van der Waals surface area (Å²) in [6.45, 7) is 4.92. The second-order valence-corrected chi connectivity index (χ2v) is 25.3. The van der Waals surface area contributed by atoms with Gasteiger partial charge in [-0.1, -0.05) is 365 Å². The molecule has 3 N–H and O–H groups in total. The van der Waals surface area contributed by atoms with Gasteiger partial charge >= 0.3 is 5.97 Å². The Morgan fingerprint density at radius 2 is 0.617 bits per heavy atom. The van der Waals surface area contributed by atoms with Crippen molar-refractivity contribution >= 4 is 11.9 Å².